The number of rotatable bonds is 2. The number of hydrogen-bond donors (Lipinski definition) is 0. The van der Waals surface area contributed by atoms with Crippen LogP contribution in [0.3, 0.4) is 0 Å². The van der Waals surface area contributed by atoms with Gasteiger partial charge in [-0.2, -0.15) is 0 Å². The van der Waals surface area contributed by atoms with Gasteiger partial charge in [0, 0.05) is 12.1 Å². The van der Waals surface area contributed by atoms with E-state index in [1.165, 1.54) is 6.42 Å². The molecule has 0 aromatic heterocycles. The van der Waals surface area contributed by atoms with E-state index < -0.39 is 6.17 Å². The van der Waals surface area contributed by atoms with Crippen molar-refractivity contribution in [2.24, 2.45) is 4.99 Å². The molecule has 0 N–H and O–H groups in total. The summed E-state index contributed by atoms with van der Waals surface area (Å²) in [6.45, 7) is 5.89. The zero-order chi connectivity index (χ0) is 8.60. The van der Waals surface area contributed by atoms with Crippen LogP contribution < -0.4 is 0 Å². The molecule has 0 saturated carbocycles. The Kier molecular flexibility index (Phi) is 1.91. The lowest BCUT2D eigenvalue weighted by atomic mass is 9.94. The van der Waals surface area contributed by atoms with E-state index in [-0.39, 0.29) is 5.54 Å². The molecule has 0 aromatic rings. The molecule has 2 nitrogen and oxygen atoms in total. The van der Waals surface area contributed by atoms with Gasteiger partial charge in [-0.1, -0.05) is 0 Å². The molecular weight excluding hydrogens is 155 g/mol. The maximum Gasteiger partial charge on any atom is 0.115 e. The van der Waals surface area contributed by atoms with Gasteiger partial charge in [0.05, 0.1) is 6.54 Å². The Morgan fingerprint density at radius 1 is 1.67 bits per heavy atom. The summed E-state index contributed by atoms with van der Waals surface area (Å²) in [6.07, 6.45) is 2.34. The second kappa shape index (κ2) is 2.80. The first-order valence-corrected chi connectivity index (χ1v) is 4.58. The molecule has 0 spiro atoms. The van der Waals surface area contributed by atoms with Crippen LogP contribution in [-0.4, -0.2) is 43.0 Å². The number of halogens is 1. The van der Waals surface area contributed by atoms with Crippen molar-refractivity contribution in [3.63, 3.8) is 0 Å². The highest BCUT2D eigenvalue weighted by Gasteiger charge is 2.48. The standard InChI is InChI=1S/C9H15FN2/c1-11-7-9-3-2-4-12(9)6-8(10)5-9/h8H,1-7H2/t8-,9+/m1/s1. The summed E-state index contributed by atoms with van der Waals surface area (Å²) in [5.74, 6) is 0. The molecule has 2 heterocycles. The van der Waals surface area contributed by atoms with Crippen LogP contribution in [-0.2, 0) is 0 Å². The highest BCUT2D eigenvalue weighted by atomic mass is 19.1. The minimum Gasteiger partial charge on any atom is -0.299 e. The average Bonchev–Trinajstić information content (AvgIpc) is 2.44. The summed E-state index contributed by atoms with van der Waals surface area (Å²) in [5.41, 5.74) is 0.0567. The van der Waals surface area contributed by atoms with E-state index >= 15 is 0 Å². The molecular formula is C9H15FN2. The number of alkyl halides is 1. The first-order chi connectivity index (χ1) is 5.77. The van der Waals surface area contributed by atoms with Gasteiger partial charge in [-0.15, -0.1) is 0 Å². The zero-order valence-electron chi connectivity index (χ0n) is 7.30. The van der Waals surface area contributed by atoms with E-state index in [2.05, 4.69) is 16.6 Å². The normalized spacial score (nSPS) is 41.6. The summed E-state index contributed by atoms with van der Waals surface area (Å²) in [6, 6.07) is 0. The van der Waals surface area contributed by atoms with E-state index in [1.807, 2.05) is 0 Å². The second-order valence-electron chi connectivity index (χ2n) is 3.96. The van der Waals surface area contributed by atoms with Gasteiger partial charge < -0.3 is 0 Å². The average molecular weight is 170 g/mol. The third kappa shape index (κ3) is 1.07. The van der Waals surface area contributed by atoms with Gasteiger partial charge in [-0.25, -0.2) is 4.39 Å². The van der Waals surface area contributed by atoms with Gasteiger partial charge in [-0.3, -0.25) is 9.89 Å². The van der Waals surface area contributed by atoms with Gasteiger partial charge in [0.15, 0.2) is 0 Å². The van der Waals surface area contributed by atoms with Crippen LogP contribution in [0.15, 0.2) is 4.99 Å². The molecule has 0 radical (unpaired) electrons. The molecule has 2 aliphatic heterocycles. The molecule has 12 heavy (non-hydrogen) atoms. The lowest BCUT2D eigenvalue weighted by molar-refractivity contribution is 0.204. The Labute approximate surface area is 72.5 Å². The second-order valence-corrected chi connectivity index (χ2v) is 3.96. The van der Waals surface area contributed by atoms with Gasteiger partial charge in [0.1, 0.15) is 6.17 Å². The van der Waals surface area contributed by atoms with Crippen molar-refractivity contribution >= 4 is 6.72 Å². The third-order valence-electron chi connectivity index (χ3n) is 3.17. The van der Waals surface area contributed by atoms with Crippen LogP contribution in [0.2, 0.25) is 0 Å². The van der Waals surface area contributed by atoms with Crippen LogP contribution >= 0.6 is 0 Å². The van der Waals surface area contributed by atoms with Crippen molar-refractivity contribution in [1.82, 2.24) is 4.90 Å². The number of nitrogens with zero attached hydrogens (tertiary/aromatic N) is 2. The first kappa shape index (κ1) is 8.17. The summed E-state index contributed by atoms with van der Waals surface area (Å²) < 4.78 is 13.1. The molecule has 0 bridgehead atoms. The van der Waals surface area contributed by atoms with Gasteiger partial charge in [-0.05, 0) is 32.5 Å². The van der Waals surface area contributed by atoms with Crippen LogP contribution in [0.1, 0.15) is 19.3 Å². The van der Waals surface area contributed by atoms with Crippen LogP contribution in [0.25, 0.3) is 0 Å². The molecule has 2 fully saturated rings. The lowest BCUT2D eigenvalue weighted by Gasteiger charge is -2.29. The zero-order valence-corrected chi connectivity index (χ0v) is 7.30. The Hall–Kier alpha value is -0.440. The maximum atomic E-state index is 13.1. The highest BCUT2D eigenvalue weighted by molar-refractivity contribution is 5.24. The fourth-order valence-electron chi connectivity index (χ4n) is 2.68. The largest absolute Gasteiger partial charge is 0.299 e. The third-order valence-corrected chi connectivity index (χ3v) is 3.17. The van der Waals surface area contributed by atoms with Crippen LogP contribution in [0, 0.1) is 0 Å². The SMILES string of the molecule is C=NC[C@@]12CCCN1C[C@H](F)C2. The highest BCUT2D eigenvalue weighted by Crippen LogP contribution is 2.39. The van der Waals surface area contributed by atoms with Crippen LogP contribution in [0.5, 0.6) is 0 Å². The summed E-state index contributed by atoms with van der Waals surface area (Å²) in [5, 5.41) is 0. The lowest BCUT2D eigenvalue weighted by Crippen LogP contribution is -2.40. The topological polar surface area (TPSA) is 15.6 Å². The number of hydrogen-bond acceptors (Lipinski definition) is 2. The minimum absolute atomic E-state index is 0.0567. The van der Waals surface area contributed by atoms with Crippen molar-refractivity contribution < 1.29 is 4.39 Å². The monoisotopic (exact) mass is 170 g/mol. The predicted octanol–water partition coefficient (Wildman–Crippen LogP) is 1.26. The minimum atomic E-state index is -0.632. The van der Waals surface area contributed by atoms with Crippen molar-refractivity contribution in [2.75, 3.05) is 19.6 Å². The smallest absolute Gasteiger partial charge is 0.115 e. The Morgan fingerprint density at radius 3 is 3.25 bits per heavy atom. The fourth-order valence-corrected chi connectivity index (χ4v) is 2.68. The summed E-state index contributed by atoms with van der Waals surface area (Å²) in [7, 11) is 0. The molecule has 2 rings (SSSR count). The van der Waals surface area contributed by atoms with Gasteiger partial charge >= 0.3 is 0 Å². The fraction of sp³-hybridized carbons (Fsp3) is 0.889. The Bertz CT molecular complexity index is 195. The van der Waals surface area contributed by atoms with E-state index in [9.17, 15) is 4.39 Å². The maximum absolute atomic E-state index is 13.1. The van der Waals surface area contributed by atoms with E-state index in [4.69, 9.17) is 0 Å². The first-order valence-electron chi connectivity index (χ1n) is 4.58. The van der Waals surface area contributed by atoms with Crippen molar-refractivity contribution in [3.05, 3.63) is 0 Å². The van der Waals surface area contributed by atoms with E-state index in [1.54, 1.807) is 0 Å². The van der Waals surface area contributed by atoms with Gasteiger partial charge in [0.2, 0.25) is 0 Å². The molecule has 3 heteroatoms. The summed E-state index contributed by atoms with van der Waals surface area (Å²) >= 11 is 0. The molecule has 68 valence electrons. The van der Waals surface area contributed by atoms with Gasteiger partial charge in [0.25, 0.3) is 0 Å². The molecule has 0 aromatic carbocycles. The van der Waals surface area contributed by atoms with Crippen molar-refractivity contribution in [3.8, 4) is 0 Å². The summed E-state index contributed by atoms with van der Waals surface area (Å²) in [4.78, 5) is 6.18. The Morgan fingerprint density at radius 2 is 2.50 bits per heavy atom. The van der Waals surface area contributed by atoms with Crippen LogP contribution in [0.4, 0.5) is 4.39 Å². The molecule has 0 amide bonds. The molecule has 0 unspecified atom stereocenters. The molecule has 2 atom stereocenters. The quantitative estimate of drug-likeness (QED) is 0.570. The predicted molar refractivity (Wildman–Crippen MR) is 47.5 cm³/mol. The van der Waals surface area contributed by atoms with Crippen molar-refractivity contribution in [1.29, 1.82) is 0 Å². The molecule has 2 saturated heterocycles. The Balaban J connectivity index is 2.14. The molecule has 0 aliphatic carbocycles. The number of fused-ring (bicyclic) bond motifs is 1. The van der Waals surface area contributed by atoms with Crippen molar-refractivity contribution in [2.45, 2.75) is 31.0 Å². The van der Waals surface area contributed by atoms with E-state index in [0.29, 0.717) is 19.5 Å². The molecule has 2 aliphatic rings. The van der Waals surface area contributed by atoms with E-state index in [0.717, 1.165) is 13.0 Å². The number of aliphatic imine (C=N–C) groups is 1.